The lowest BCUT2D eigenvalue weighted by molar-refractivity contribution is -0.122. The maximum atomic E-state index is 11.4. The van der Waals surface area contributed by atoms with Gasteiger partial charge in [-0.1, -0.05) is 13.8 Å². The number of hydrogen-bond acceptors (Lipinski definition) is 3. The van der Waals surface area contributed by atoms with Crippen LogP contribution in [0.2, 0.25) is 0 Å². The zero-order valence-corrected chi connectivity index (χ0v) is 10.3. The first-order chi connectivity index (χ1) is 6.03. The van der Waals surface area contributed by atoms with E-state index in [1.807, 2.05) is 37.4 Å². The quantitative estimate of drug-likeness (QED) is 0.721. The molecule has 0 saturated carbocycles. The predicted molar refractivity (Wildman–Crippen MR) is 62.4 cm³/mol. The van der Waals surface area contributed by atoms with Gasteiger partial charge in [0.15, 0.2) is 0 Å². The maximum absolute atomic E-state index is 11.4. The standard InChI is InChI=1S/C10H18OS2/c1-8(2)9(11)4-5-10(3)12-6-7-13-10/h8H,4-7H2,1-3H3. The molecule has 0 aromatic carbocycles. The van der Waals surface area contributed by atoms with Gasteiger partial charge < -0.3 is 0 Å². The van der Waals surface area contributed by atoms with Gasteiger partial charge in [0.25, 0.3) is 0 Å². The summed E-state index contributed by atoms with van der Waals surface area (Å²) in [6, 6.07) is 0. The summed E-state index contributed by atoms with van der Waals surface area (Å²) in [5, 5.41) is 0. The fourth-order valence-corrected chi connectivity index (χ4v) is 4.20. The molecule has 1 fully saturated rings. The molecule has 3 heteroatoms. The summed E-state index contributed by atoms with van der Waals surface area (Å²) >= 11 is 4.02. The first-order valence-corrected chi connectivity index (χ1v) is 6.81. The van der Waals surface area contributed by atoms with Crippen molar-refractivity contribution < 1.29 is 4.79 Å². The van der Waals surface area contributed by atoms with Crippen molar-refractivity contribution in [1.29, 1.82) is 0 Å². The second kappa shape index (κ2) is 4.74. The summed E-state index contributed by atoms with van der Waals surface area (Å²) in [4.78, 5) is 11.4. The second-order valence-electron chi connectivity index (χ2n) is 3.95. The third-order valence-electron chi connectivity index (χ3n) is 2.37. The Morgan fingerprint density at radius 2 is 1.92 bits per heavy atom. The lowest BCUT2D eigenvalue weighted by atomic mass is 10.0. The SMILES string of the molecule is CC(C)C(=O)CCC1(C)SCCS1. The Bertz CT molecular complexity index is 183. The molecule has 0 bridgehead atoms. The van der Waals surface area contributed by atoms with Gasteiger partial charge in [-0.05, 0) is 13.3 Å². The van der Waals surface area contributed by atoms with Crippen molar-refractivity contribution in [2.75, 3.05) is 11.5 Å². The van der Waals surface area contributed by atoms with Crippen LogP contribution in [-0.2, 0) is 4.79 Å². The van der Waals surface area contributed by atoms with Gasteiger partial charge in [0.2, 0.25) is 0 Å². The normalized spacial score (nSPS) is 20.9. The maximum Gasteiger partial charge on any atom is 0.135 e. The molecule has 0 unspecified atom stereocenters. The molecule has 1 rings (SSSR count). The molecule has 13 heavy (non-hydrogen) atoms. The summed E-state index contributed by atoms with van der Waals surface area (Å²) in [6.45, 7) is 6.24. The molecule has 0 spiro atoms. The third kappa shape index (κ3) is 3.55. The molecule has 1 aliphatic heterocycles. The summed E-state index contributed by atoms with van der Waals surface area (Å²) in [7, 11) is 0. The Labute approximate surface area is 89.4 Å². The van der Waals surface area contributed by atoms with Gasteiger partial charge in [-0.25, -0.2) is 0 Å². The molecule has 0 radical (unpaired) electrons. The van der Waals surface area contributed by atoms with Crippen LogP contribution in [0.1, 0.15) is 33.6 Å². The van der Waals surface area contributed by atoms with Crippen molar-refractivity contribution in [2.24, 2.45) is 5.92 Å². The molecule has 1 aliphatic rings. The highest BCUT2D eigenvalue weighted by molar-refractivity contribution is 8.21. The minimum Gasteiger partial charge on any atom is -0.299 e. The van der Waals surface area contributed by atoms with Gasteiger partial charge >= 0.3 is 0 Å². The van der Waals surface area contributed by atoms with E-state index in [4.69, 9.17) is 0 Å². The van der Waals surface area contributed by atoms with E-state index >= 15 is 0 Å². The molecule has 76 valence electrons. The fraction of sp³-hybridized carbons (Fsp3) is 0.900. The van der Waals surface area contributed by atoms with Crippen LogP contribution in [-0.4, -0.2) is 21.4 Å². The van der Waals surface area contributed by atoms with E-state index in [0.717, 1.165) is 12.8 Å². The Morgan fingerprint density at radius 1 is 1.38 bits per heavy atom. The Hall–Kier alpha value is 0.370. The van der Waals surface area contributed by atoms with Crippen LogP contribution in [0, 0.1) is 5.92 Å². The highest BCUT2D eigenvalue weighted by Crippen LogP contribution is 2.46. The number of carbonyl (C=O) groups is 1. The van der Waals surface area contributed by atoms with Gasteiger partial charge in [0, 0.05) is 23.8 Å². The predicted octanol–water partition coefficient (Wildman–Crippen LogP) is 3.19. The lowest BCUT2D eigenvalue weighted by Crippen LogP contribution is -2.16. The molecule has 0 aromatic heterocycles. The fourth-order valence-electron chi connectivity index (χ4n) is 1.34. The molecule has 0 N–H and O–H groups in total. The van der Waals surface area contributed by atoms with Crippen LogP contribution in [0.3, 0.4) is 0 Å². The van der Waals surface area contributed by atoms with Crippen LogP contribution in [0.5, 0.6) is 0 Å². The van der Waals surface area contributed by atoms with Gasteiger partial charge in [-0.3, -0.25) is 4.79 Å². The zero-order valence-electron chi connectivity index (χ0n) is 8.63. The monoisotopic (exact) mass is 218 g/mol. The van der Waals surface area contributed by atoms with Gasteiger partial charge in [0.05, 0.1) is 4.08 Å². The van der Waals surface area contributed by atoms with E-state index in [-0.39, 0.29) is 5.92 Å². The van der Waals surface area contributed by atoms with E-state index in [9.17, 15) is 4.79 Å². The van der Waals surface area contributed by atoms with Crippen LogP contribution < -0.4 is 0 Å². The molecule has 0 amide bonds. The number of thioether (sulfide) groups is 2. The van der Waals surface area contributed by atoms with Crippen LogP contribution in [0.25, 0.3) is 0 Å². The number of carbonyl (C=O) groups excluding carboxylic acids is 1. The average Bonchev–Trinajstić information content (AvgIpc) is 2.48. The molecule has 0 atom stereocenters. The van der Waals surface area contributed by atoms with Crippen molar-refractivity contribution in [1.82, 2.24) is 0 Å². The Kier molecular flexibility index (Phi) is 4.17. The number of Topliss-reactive ketones (excluding diaryl/α,β-unsaturated/α-hetero) is 1. The highest BCUT2D eigenvalue weighted by Gasteiger charge is 2.30. The molecular formula is C10H18OS2. The largest absolute Gasteiger partial charge is 0.299 e. The van der Waals surface area contributed by atoms with Crippen molar-refractivity contribution in [3.63, 3.8) is 0 Å². The van der Waals surface area contributed by atoms with Crippen molar-refractivity contribution in [3.05, 3.63) is 0 Å². The molecule has 1 heterocycles. The van der Waals surface area contributed by atoms with E-state index in [0.29, 0.717) is 9.86 Å². The first-order valence-electron chi connectivity index (χ1n) is 4.84. The number of hydrogen-bond donors (Lipinski definition) is 0. The first kappa shape index (κ1) is 11.4. The molecule has 0 aromatic rings. The summed E-state index contributed by atoms with van der Waals surface area (Å²) < 4.78 is 0.324. The van der Waals surface area contributed by atoms with Gasteiger partial charge in [-0.2, -0.15) is 0 Å². The Morgan fingerprint density at radius 3 is 2.38 bits per heavy atom. The lowest BCUT2D eigenvalue weighted by Gasteiger charge is -2.21. The molecule has 1 nitrogen and oxygen atoms in total. The van der Waals surface area contributed by atoms with E-state index < -0.39 is 0 Å². The second-order valence-corrected chi connectivity index (χ2v) is 7.41. The van der Waals surface area contributed by atoms with E-state index in [2.05, 4.69) is 6.92 Å². The van der Waals surface area contributed by atoms with E-state index in [1.54, 1.807) is 0 Å². The molecule has 0 aliphatic carbocycles. The average molecular weight is 218 g/mol. The Balaban J connectivity index is 2.29. The molecular weight excluding hydrogens is 200 g/mol. The van der Waals surface area contributed by atoms with Crippen LogP contribution >= 0.6 is 23.5 Å². The highest BCUT2D eigenvalue weighted by atomic mass is 32.2. The zero-order chi connectivity index (χ0) is 9.90. The minimum atomic E-state index is 0.208. The van der Waals surface area contributed by atoms with Crippen molar-refractivity contribution >= 4 is 29.3 Å². The summed E-state index contributed by atoms with van der Waals surface area (Å²) in [5.74, 6) is 3.11. The van der Waals surface area contributed by atoms with Gasteiger partial charge in [-0.15, -0.1) is 23.5 Å². The third-order valence-corrected chi connectivity index (χ3v) is 5.78. The van der Waals surface area contributed by atoms with Gasteiger partial charge in [0.1, 0.15) is 5.78 Å². The number of ketones is 1. The molecule has 1 saturated heterocycles. The topological polar surface area (TPSA) is 17.1 Å². The number of rotatable bonds is 4. The van der Waals surface area contributed by atoms with E-state index in [1.165, 1.54) is 11.5 Å². The van der Waals surface area contributed by atoms with Crippen LogP contribution in [0.15, 0.2) is 0 Å². The van der Waals surface area contributed by atoms with Crippen molar-refractivity contribution in [3.8, 4) is 0 Å². The van der Waals surface area contributed by atoms with Crippen molar-refractivity contribution in [2.45, 2.75) is 37.7 Å². The van der Waals surface area contributed by atoms with Crippen LogP contribution in [0.4, 0.5) is 0 Å². The summed E-state index contributed by atoms with van der Waals surface area (Å²) in [6.07, 6.45) is 1.80. The minimum absolute atomic E-state index is 0.208. The smallest absolute Gasteiger partial charge is 0.135 e. The summed E-state index contributed by atoms with van der Waals surface area (Å²) in [5.41, 5.74) is 0.